The highest BCUT2D eigenvalue weighted by molar-refractivity contribution is 5.82. The van der Waals surface area contributed by atoms with Gasteiger partial charge in [-0.25, -0.2) is 0 Å². The van der Waals surface area contributed by atoms with E-state index >= 15 is 0 Å². The molecule has 0 aromatic heterocycles. The molecular weight excluding hydrogens is 338 g/mol. The van der Waals surface area contributed by atoms with E-state index in [1.165, 1.54) is 27.8 Å². The predicted molar refractivity (Wildman–Crippen MR) is 124 cm³/mol. The van der Waals surface area contributed by atoms with Gasteiger partial charge in [0.1, 0.15) is 0 Å². The van der Waals surface area contributed by atoms with Crippen LogP contribution >= 0.6 is 0 Å². The fraction of sp³-hybridized carbons (Fsp3) is 0.333. The van der Waals surface area contributed by atoms with Gasteiger partial charge in [0.15, 0.2) is 0 Å². The summed E-state index contributed by atoms with van der Waals surface area (Å²) in [6.07, 6.45) is 0. The highest BCUT2D eigenvalue weighted by Crippen LogP contribution is 2.36. The van der Waals surface area contributed by atoms with Crippen LogP contribution in [-0.2, 0) is 10.8 Å². The largest absolute Gasteiger partial charge is 0.355 e. The SMILES string of the molecule is Cc1cccc(Nc2ccc(C(C)(C)C)cc2-c2ccc(C(C)(C)C)cc2)c1. The van der Waals surface area contributed by atoms with E-state index in [0.717, 1.165) is 11.4 Å². The van der Waals surface area contributed by atoms with E-state index in [9.17, 15) is 0 Å². The Morgan fingerprint density at radius 2 is 1.25 bits per heavy atom. The smallest absolute Gasteiger partial charge is 0.0464 e. The Balaban J connectivity index is 2.08. The second-order valence-corrected chi connectivity index (χ2v) is 9.83. The second-order valence-electron chi connectivity index (χ2n) is 9.83. The molecule has 0 radical (unpaired) electrons. The molecule has 0 atom stereocenters. The van der Waals surface area contributed by atoms with Crippen LogP contribution in [-0.4, -0.2) is 0 Å². The second kappa shape index (κ2) is 7.47. The molecule has 0 aliphatic carbocycles. The van der Waals surface area contributed by atoms with Crippen LogP contribution in [0, 0.1) is 6.92 Å². The predicted octanol–water partition coefficient (Wildman–Crippen LogP) is 8.00. The summed E-state index contributed by atoms with van der Waals surface area (Å²) in [5.41, 5.74) is 8.99. The van der Waals surface area contributed by atoms with Crippen molar-refractivity contribution < 1.29 is 0 Å². The number of hydrogen-bond donors (Lipinski definition) is 1. The molecule has 0 fully saturated rings. The summed E-state index contributed by atoms with van der Waals surface area (Å²) >= 11 is 0. The maximum absolute atomic E-state index is 3.64. The van der Waals surface area contributed by atoms with Crippen LogP contribution in [0.15, 0.2) is 66.7 Å². The molecule has 1 N–H and O–H groups in total. The third-order valence-corrected chi connectivity index (χ3v) is 5.24. The quantitative estimate of drug-likeness (QED) is 0.492. The zero-order valence-corrected chi connectivity index (χ0v) is 18.4. The van der Waals surface area contributed by atoms with Crippen molar-refractivity contribution in [3.8, 4) is 11.1 Å². The number of nitrogens with one attached hydrogen (secondary N) is 1. The standard InChI is InChI=1S/C27H33N/c1-19-9-8-10-23(17-19)28-25-16-15-22(27(5,6)7)18-24(25)20-11-13-21(14-12-20)26(2,3)4/h8-18,28H,1-7H3. The Bertz CT molecular complexity index is 951. The van der Waals surface area contributed by atoms with E-state index in [1.807, 2.05) is 0 Å². The molecule has 0 spiro atoms. The van der Waals surface area contributed by atoms with Gasteiger partial charge in [-0.2, -0.15) is 0 Å². The highest BCUT2D eigenvalue weighted by atomic mass is 14.9. The van der Waals surface area contributed by atoms with E-state index in [0.29, 0.717) is 0 Å². The average molecular weight is 372 g/mol. The monoisotopic (exact) mass is 371 g/mol. The minimum atomic E-state index is 0.113. The van der Waals surface area contributed by atoms with Crippen LogP contribution in [0.5, 0.6) is 0 Å². The minimum absolute atomic E-state index is 0.113. The summed E-state index contributed by atoms with van der Waals surface area (Å²) < 4.78 is 0. The molecule has 0 saturated carbocycles. The molecule has 28 heavy (non-hydrogen) atoms. The van der Waals surface area contributed by atoms with E-state index in [2.05, 4.69) is 121 Å². The molecule has 0 amide bonds. The maximum Gasteiger partial charge on any atom is 0.0464 e. The van der Waals surface area contributed by atoms with Gasteiger partial charge in [-0.15, -0.1) is 0 Å². The Labute approximate surface area is 170 Å². The lowest BCUT2D eigenvalue weighted by Crippen LogP contribution is -2.12. The topological polar surface area (TPSA) is 12.0 Å². The van der Waals surface area contributed by atoms with Crippen LogP contribution in [0.25, 0.3) is 11.1 Å². The van der Waals surface area contributed by atoms with Gasteiger partial charge in [-0.1, -0.05) is 84.0 Å². The molecule has 1 heteroatoms. The molecule has 0 aliphatic heterocycles. The molecule has 1 nitrogen and oxygen atoms in total. The van der Waals surface area contributed by atoms with E-state index < -0.39 is 0 Å². The Hall–Kier alpha value is -2.54. The first-order valence-corrected chi connectivity index (χ1v) is 10.1. The summed E-state index contributed by atoms with van der Waals surface area (Å²) in [6, 6.07) is 24.4. The average Bonchev–Trinajstić information content (AvgIpc) is 2.60. The molecule has 3 rings (SSSR count). The fourth-order valence-electron chi connectivity index (χ4n) is 3.39. The van der Waals surface area contributed by atoms with Crippen molar-refractivity contribution in [2.24, 2.45) is 0 Å². The van der Waals surface area contributed by atoms with Crippen LogP contribution < -0.4 is 5.32 Å². The van der Waals surface area contributed by atoms with Gasteiger partial charge >= 0.3 is 0 Å². The third-order valence-electron chi connectivity index (χ3n) is 5.24. The van der Waals surface area contributed by atoms with Crippen molar-refractivity contribution in [1.29, 1.82) is 0 Å². The van der Waals surface area contributed by atoms with Gasteiger partial charge in [-0.3, -0.25) is 0 Å². The molecule has 3 aromatic carbocycles. The van der Waals surface area contributed by atoms with Crippen molar-refractivity contribution in [2.45, 2.75) is 59.3 Å². The maximum atomic E-state index is 3.64. The van der Waals surface area contributed by atoms with Crippen LogP contribution in [0.2, 0.25) is 0 Å². The summed E-state index contributed by atoms with van der Waals surface area (Å²) in [7, 11) is 0. The first-order valence-electron chi connectivity index (χ1n) is 10.1. The van der Waals surface area contributed by atoms with Crippen molar-refractivity contribution in [2.75, 3.05) is 5.32 Å². The number of aryl methyl sites for hydroxylation is 1. The number of benzene rings is 3. The van der Waals surface area contributed by atoms with E-state index in [4.69, 9.17) is 0 Å². The molecular formula is C27H33N. The van der Waals surface area contributed by atoms with Crippen molar-refractivity contribution in [3.63, 3.8) is 0 Å². The molecule has 0 aliphatic rings. The zero-order valence-electron chi connectivity index (χ0n) is 18.4. The van der Waals surface area contributed by atoms with Crippen molar-refractivity contribution in [1.82, 2.24) is 0 Å². The Morgan fingerprint density at radius 1 is 0.643 bits per heavy atom. The molecule has 0 unspecified atom stereocenters. The van der Waals surface area contributed by atoms with Crippen molar-refractivity contribution in [3.05, 3.63) is 83.4 Å². The summed E-state index contributed by atoms with van der Waals surface area (Å²) in [6.45, 7) is 15.7. The van der Waals surface area contributed by atoms with E-state index in [1.54, 1.807) is 0 Å². The van der Waals surface area contributed by atoms with Gasteiger partial charge in [0, 0.05) is 16.9 Å². The lowest BCUT2D eigenvalue weighted by molar-refractivity contribution is 0.590. The molecule has 3 aromatic rings. The number of hydrogen-bond acceptors (Lipinski definition) is 1. The zero-order chi connectivity index (χ0) is 20.5. The number of anilines is 2. The normalized spacial score (nSPS) is 12.1. The van der Waals surface area contributed by atoms with Gasteiger partial charge < -0.3 is 5.32 Å². The Kier molecular flexibility index (Phi) is 5.39. The van der Waals surface area contributed by atoms with Gasteiger partial charge in [0.05, 0.1) is 0 Å². The van der Waals surface area contributed by atoms with Crippen molar-refractivity contribution >= 4 is 11.4 Å². The van der Waals surface area contributed by atoms with Gasteiger partial charge in [0.2, 0.25) is 0 Å². The van der Waals surface area contributed by atoms with Gasteiger partial charge in [-0.05, 0) is 64.3 Å². The molecule has 146 valence electrons. The third kappa shape index (κ3) is 4.65. The van der Waals surface area contributed by atoms with Crippen LogP contribution in [0.3, 0.4) is 0 Å². The lowest BCUT2D eigenvalue weighted by Gasteiger charge is -2.23. The first kappa shape index (κ1) is 20.2. The van der Waals surface area contributed by atoms with Gasteiger partial charge in [0.25, 0.3) is 0 Å². The minimum Gasteiger partial charge on any atom is -0.355 e. The van der Waals surface area contributed by atoms with E-state index in [-0.39, 0.29) is 10.8 Å². The summed E-state index contributed by atoms with van der Waals surface area (Å²) in [4.78, 5) is 0. The molecule has 0 bridgehead atoms. The molecule has 0 heterocycles. The first-order chi connectivity index (χ1) is 13.0. The summed E-state index contributed by atoms with van der Waals surface area (Å²) in [5.74, 6) is 0. The summed E-state index contributed by atoms with van der Waals surface area (Å²) in [5, 5.41) is 3.64. The fourth-order valence-corrected chi connectivity index (χ4v) is 3.39. The molecule has 0 saturated heterocycles. The lowest BCUT2D eigenvalue weighted by atomic mass is 9.83. The van der Waals surface area contributed by atoms with Crippen LogP contribution in [0.4, 0.5) is 11.4 Å². The Morgan fingerprint density at radius 3 is 1.82 bits per heavy atom. The number of rotatable bonds is 3. The van der Waals surface area contributed by atoms with Crippen LogP contribution in [0.1, 0.15) is 58.2 Å². The highest BCUT2D eigenvalue weighted by Gasteiger charge is 2.18.